The molecule has 2 aromatic rings. The summed E-state index contributed by atoms with van der Waals surface area (Å²) < 4.78 is 7.06. The third-order valence-corrected chi connectivity index (χ3v) is 4.50. The molecular formula is C18H21N3O4. The van der Waals surface area contributed by atoms with Crippen molar-refractivity contribution >= 4 is 11.9 Å². The summed E-state index contributed by atoms with van der Waals surface area (Å²) >= 11 is 0. The zero-order valence-electron chi connectivity index (χ0n) is 14.0. The van der Waals surface area contributed by atoms with Gasteiger partial charge >= 0.3 is 5.97 Å². The van der Waals surface area contributed by atoms with E-state index in [1.807, 2.05) is 36.5 Å². The number of rotatable bonds is 6. The first-order valence-electron chi connectivity index (χ1n) is 8.20. The van der Waals surface area contributed by atoms with E-state index in [1.54, 1.807) is 22.9 Å². The summed E-state index contributed by atoms with van der Waals surface area (Å²) in [5, 5.41) is 13.2. The number of carbonyl (C=O) groups excluding carboxylic acids is 1. The first kappa shape index (κ1) is 17.2. The van der Waals surface area contributed by atoms with Crippen molar-refractivity contribution in [1.82, 2.24) is 14.7 Å². The number of benzene rings is 1. The Morgan fingerprint density at radius 2 is 2.08 bits per heavy atom. The van der Waals surface area contributed by atoms with Crippen LogP contribution < -0.4 is 0 Å². The van der Waals surface area contributed by atoms with Crippen LogP contribution in [0.25, 0.3) is 5.69 Å². The number of carbonyl (C=O) groups is 2. The van der Waals surface area contributed by atoms with Gasteiger partial charge in [0.25, 0.3) is 0 Å². The Morgan fingerprint density at radius 3 is 2.68 bits per heavy atom. The van der Waals surface area contributed by atoms with E-state index in [0.29, 0.717) is 13.0 Å². The molecule has 1 fully saturated rings. The molecule has 1 aliphatic heterocycles. The van der Waals surface area contributed by atoms with Crippen molar-refractivity contribution in [1.29, 1.82) is 0 Å². The molecule has 7 heteroatoms. The maximum Gasteiger partial charge on any atom is 0.305 e. The van der Waals surface area contributed by atoms with Gasteiger partial charge < -0.3 is 14.7 Å². The lowest BCUT2D eigenvalue weighted by Gasteiger charge is -2.23. The van der Waals surface area contributed by atoms with Gasteiger partial charge in [0, 0.05) is 32.1 Å². The molecule has 132 valence electrons. The van der Waals surface area contributed by atoms with Gasteiger partial charge in [0.1, 0.15) is 0 Å². The number of methoxy groups -OCH3 is 1. The number of likely N-dealkylation sites (tertiary alicyclic amines) is 1. The normalized spacial score (nSPS) is 20.0. The van der Waals surface area contributed by atoms with Gasteiger partial charge in [-0.1, -0.05) is 12.1 Å². The van der Waals surface area contributed by atoms with Gasteiger partial charge in [-0.2, -0.15) is 5.10 Å². The number of carboxylic acid groups (broad SMARTS) is 1. The fourth-order valence-corrected chi connectivity index (χ4v) is 3.21. The van der Waals surface area contributed by atoms with Crippen molar-refractivity contribution < 1.29 is 19.4 Å². The molecule has 2 unspecified atom stereocenters. The summed E-state index contributed by atoms with van der Waals surface area (Å²) in [6.07, 6.45) is 4.21. The number of aliphatic carboxylic acids is 1. The van der Waals surface area contributed by atoms with E-state index in [9.17, 15) is 9.59 Å². The first-order chi connectivity index (χ1) is 12.1. The standard InChI is InChI=1S/C18H21N3O4/c1-25-16-10-15(11-18(23)24)20(12-16)17(22)9-13-3-5-14(6-4-13)21-8-2-7-19-21/h2-8,15-16H,9-12H2,1H3,(H,23,24). The summed E-state index contributed by atoms with van der Waals surface area (Å²) in [6.45, 7) is 0.443. The molecule has 1 amide bonds. The fraction of sp³-hybridized carbons (Fsp3) is 0.389. The lowest BCUT2D eigenvalue weighted by atomic mass is 10.1. The van der Waals surface area contributed by atoms with Gasteiger partial charge in [0.15, 0.2) is 0 Å². The Kier molecular flexibility index (Phi) is 5.14. The maximum absolute atomic E-state index is 12.6. The number of hydrogen-bond donors (Lipinski definition) is 1. The molecule has 0 aliphatic carbocycles. The second-order valence-electron chi connectivity index (χ2n) is 6.19. The number of ether oxygens (including phenoxy) is 1. The van der Waals surface area contributed by atoms with Crippen molar-refractivity contribution in [3.8, 4) is 5.69 Å². The Hall–Kier alpha value is -2.67. The molecule has 2 atom stereocenters. The minimum absolute atomic E-state index is 0.0517. The quantitative estimate of drug-likeness (QED) is 0.859. The molecule has 1 saturated heterocycles. The van der Waals surface area contributed by atoms with E-state index < -0.39 is 5.97 Å². The smallest absolute Gasteiger partial charge is 0.305 e. The number of amides is 1. The van der Waals surface area contributed by atoms with Gasteiger partial charge in [-0.3, -0.25) is 9.59 Å². The molecule has 25 heavy (non-hydrogen) atoms. The Bertz CT molecular complexity index is 727. The Morgan fingerprint density at radius 1 is 1.32 bits per heavy atom. The van der Waals surface area contributed by atoms with Crippen molar-refractivity contribution in [3.63, 3.8) is 0 Å². The molecule has 1 aromatic carbocycles. The summed E-state index contributed by atoms with van der Waals surface area (Å²) in [6, 6.07) is 9.15. The van der Waals surface area contributed by atoms with Crippen LogP contribution in [-0.2, 0) is 20.7 Å². The molecule has 1 aromatic heterocycles. The van der Waals surface area contributed by atoms with E-state index in [4.69, 9.17) is 9.84 Å². The zero-order chi connectivity index (χ0) is 17.8. The highest BCUT2D eigenvalue weighted by molar-refractivity contribution is 5.80. The van der Waals surface area contributed by atoms with Crippen LogP contribution in [0.15, 0.2) is 42.7 Å². The first-order valence-corrected chi connectivity index (χ1v) is 8.20. The molecular weight excluding hydrogens is 322 g/mol. The zero-order valence-corrected chi connectivity index (χ0v) is 14.0. The van der Waals surface area contributed by atoms with E-state index in [1.165, 1.54) is 0 Å². The van der Waals surface area contributed by atoms with Crippen molar-refractivity contribution in [2.75, 3.05) is 13.7 Å². The average molecular weight is 343 g/mol. The van der Waals surface area contributed by atoms with Crippen LogP contribution >= 0.6 is 0 Å². The molecule has 2 heterocycles. The second kappa shape index (κ2) is 7.48. The lowest BCUT2D eigenvalue weighted by Crippen LogP contribution is -2.38. The minimum Gasteiger partial charge on any atom is -0.481 e. The van der Waals surface area contributed by atoms with Crippen molar-refractivity contribution in [3.05, 3.63) is 48.3 Å². The Labute approximate surface area is 145 Å². The largest absolute Gasteiger partial charge is 0.481 e. The van der Waals surface area contributed by atoms with Gasteiger partial charge in [0.2, 0.25) is 5.91 Å². The van der Waals surface area contributed by atoms with E-state index in [-0.39, 0.29) is 30.9 Å². The van der Waals surface area contributed by atoms with Gasteiger partial charge in [0.05, 0.1) is 24.6 Å². The number of carboxylic acids is 1. The number of aromatic nitrogens is 2. The molecule has 7 nitrogen and oxygen atoms in total. The highest BCUT2D eigenvalue weighted by Crippen LogP contribution is 2.24. The fourth-order valence-electron chi connectivity index (χ4n) is 3.21. The monoisotopic (exact) mass is 343 g/mol. The third kappa shape index (κ3) is 4.06. The molecule has 0 saturated carbocycles. The van der Waals surface area contributed by atoms with Crippen LogP contribution in [0.4, 0.5) is 0 Å². The van der Waals surface area contributed by atoms with Crippen LogP contribution in [0.2, 0.25) is 0 Å². The SMILES string of the molecule is COC1CC(CC(=O)O)N(C(=O)Cc2ccc(-n3cccn3)cc2)C1. The molecule has 0 bridgehead atoms. The predicted octanol–water partition coefficient (Wildman–Crippen LogP) is 1.51. The van der Waals surface area contributed by atoms with Gasteiger partial charge in [-0.15, -0.1) is 0 Å². The predicted molar refractivity (Wildman–Crippen MR) is 90.4 cm³/mol. The molecule has 1 N–H and O–H groups in total. The minimum atomic E-state index is -0.900. The maximum atomic E-state index is 12.6. The summed E-state index contributed by atoms with van der Waals surface area (Å²) in [5.41, 5.74) is 1.81. The average Bonchev–Trinajstić information content (AvgIpc) is 3.24. The number of nitrogens with zero attached hydrogens (tertiary/aromatic N) is 3. The van der Waals surface area contributed by atoms with Crippen molar-refractivity contribution in [2.24, 2.45) is 0 Å². The third-order valence-electron chi connectivity index (χ3n) is 4.50. The highest BCUT2D eigenvalue weighted by Gasteiger charge is 2.36. The van der Waals surface area contributed by atoms with E-state index >= 15 is 0 Å². The van der Waals surface area contributed by atoms with Crippen LogP contribution in [-0.4, -0.2) is 57.5 Å². The van der Waals surface area contributed by atoms with E-state index in [2.05, 4.69) is 5.10 Å². The van der Waals surface area contributed by atoms with Crippen LogP contribution in [0, 0.1) is 0 Å². The summed E-state index contributed by atoms with van der Waals surface area (Å²) in [4.78, 5) is 25.3. The van der Waals surface area contributed by atoms with E-state index in [0.717, 1.165) is 11.3 Å². The van der Waals surface area contributed by atoms with Crippen LogP contribution in [0.1, 0.15) is 18.4 Å². The molecule has 0 spiro atoms. The van der Waals surface area contributed by atoms with Gasteiger partial charge in [-0.05, 0) is 30.2 Å². The second-order valence-corrected chi connectivity index (χ2v) is 6.19. The topological polar surface area (TPSA) is 84.7 Å². The van der Waals surface area contributed by atoms with Crippen LogP contribution in [0.5, 0.6) is 0 Å². The lowest BCUT2D eigenvalue weighted by molar-refractivity contribution is -0.139. The van der Waals surface area contributed by atoms with Crippen molar-refractivity contribution in [2.45, 2.75) is 31.4 Å². The molecule has 0 radical (unpaired) electrons. The molecule has 1 aliphatic rings. The van der Waals surface area contributed by atoms with Gasteiger partial charge in [-0.25, -0.2) is 4.68 Å². The number of hydrogen-bond acceptors (Lipinski definition) is 4. The van der Waals surface area contributed by atoms with Crippen LogP contribution in [0.3, 0.4) is 0 Å². The Balaban J connectivity index is 1.67. The summed E-state index contributed by atoms with van der Waals surface area (Å²) in [5.74, 6) is -0.972. The highest BCUT2D eigenvalue weighted by atomic mass is 16.5. The summed E-state index contributed by atoms with van der Waals surface area (Å²) in [7, 11) is 1.59. The molecule has 3 rings (SSSR count).